The van der Waals surface area contributed by atoms with Gasteiger partial charge < -0.3 is 23.7 Å². The highest BCUT2D eigenvalue weighted by Crippen LogP contribution is 1.83. The molecule has 5 nitrogen and oxygen atoms in total. The quantitative estimate of drug-likeness (QED) is 0.295. The van der Waals surface area contributed by atoms with E-state index in [2.05, 4.69) is 36.3 Å². The van der Waals surface area contributed by atoms with Crippen molar-refractivity contribution < 1.29 is 18.4 Å². The van der Waals surface area contributed by atoms with Gasteiger partial charge in [-0.1, -0.05) is 13.8 Å². The van der Waals surface area contributed by atoms with Crippen molar-refractivity contribution in [2.75, 3.05) is 52.8 Å². The molecule has 104 valence electrons. The molecule has 0 rings (SSSR count). The molecule has 0 aromatic heterocycles. The Labute approximate surface area is 110 Å². The van der Waals surface area contributed by atoms with Crippen LogP contribution >= 0.6 is 12.9 Å². The summed E-state index contributed by atoms with van der Waals surface area (Å²) in [5.41, 5.74) is 0. The molecule has 0 radical (unpaired) electrons. The zero-order valence-electron chi connectivity index (χ0n) is 10.8. The molecule has 0 heterocycles. The summed E-state index contributed by atoms with van der Waals surface area (Å²) in [6, 6.07) is 0.508. The van der Waals surface area contributed by atoms with Gasteiger partial charge in [-0.25, -0.2) is 0 Å². The van der Waals surface area contributed by atoms with E-state index in [1.165, 1.54) is 0 Å². The van der Waals surface area contributed by atoms with Gasteiger partial charge in [-0.3, -0.25) is 0 Å². The van der Waals surface area contributed by atoms with Crippen LogP contribution < -0.4 is 5.32 Å². The lowest BCUT2D eigenvalue weighted by Gasteiger charge is -2.09. The molecule has 17 heavy (non-hydrogen) atoms. The molecule has 0 amide bonds. The van der Waals surface area contributed by atoms with Crippen molar-refractivity contribution >= 4 is 12.9 Å². The van der Waals surface area contributed by atoms with E-state index in [9.17, 15) is 0 Å². The second-order valence-electron chi connectivity index (χ2n) is 3.78. The SMILES string of the molecule is CC(C)NCCOCCOCCOCCOS. The second-order valence-corrected chi connectivity index (χ2v) is 4.04. The van der Waals surface area contributed by atoms with Crippen LogP contribution in [0.4, 0.5) is 0 Å². The predicted octanol–water partition coefficient (Wildman–Crippen LogP) is 0.896. The van der Waals surface area contributed by atoms with Crippen LogP contribution in [0.25, 0.3) is 0 Å². The van der Waals surface area contributed by atoms with Gasteiger partial charge in [0.25, 0.3) is 0 Å². The van der Waals surface area contributed by atoms with Crippen molar-refractivity contribution in [2.45, 2.75) is 19.9 Å². The fraction of sp³-hybridized carbons (Fsp3) is 1.00. The maximum atomic E-state index is 5.37. The van der Waals surface area contributed by atoms with Gasteiger partial charge in [0.15, 0.2) is 0 Å². The van der Waals surface area contributed by atoms with Crippen LogP contribution in [0, 0.1) is 0 Å². The molecule has 0 bridgehead atoms. The first-order valence-electron chi connectivity index (χ1n) is 6.00. The van der Waals surface area contributed by atoms with Gasteiger partial charge >= 0.3 is 0 Å². The van der Waals surface area contributed by atoms with Crippen molar-refractivity contribution in [2.24, 2.45) is 0 Å². The van der Waals surface area contributed by atoms with Gasteiger partial charge in [-0.2, -0.15) is 0 Å². The summed E-state index contributed by atoms with van der Waals surface area (Å²) < 4.78 is 20.4. The molecule has 0 aromatic carbocycles. The zero-order chi connectivity index (χ0) is 12.8. The van der Waals surface area contributed by atoms with Gasteiger partial charge in [0.1, 0.15) is 0 Å². The van der Waals surface area contributed by atoms with E-state index >= 15 is 0 Å². The zero-order valence-corrected chi connectivity index (χ0v) is 11.7. The minimum Gasteiger partial charge on any atom is -0.378 e. The summed E-state index contributed by atoms with van der Waals surface area (Å²) in [4.78, 5) is 0. The Morgan fingerprint density at radius 1 is 0.824 bits per heavy atom. The fourth-order valence-electron chi connectivity index (χ4n) is 1.06. The van der Waals surface area contributed by atoms with E-state index in [0.29, 0.717) is 45.7 Å². The van der Waals surface area contributed by atoms with Gasteiger partial charge in [0.2, 0.25) is 0 Å². The predicted molar refractivity (Wildman–Crippen MR) is 70.5 cm³/mol. The van der Waals surface area contributed by atoms with Crippen molar-refractivity contribution in [3.8, 4) is 0 Å². The number of hydrogen-bond donors (Lipinski definition) is 2. The first-order valence-corrected chi connectivity index (χ1v) is 6.37. The number of rotatable bonds is 13. The molecule has 0 aromatic rings. The normalized spacial score (nSPS) is 11.3. The lowest BCUT2D eigenvalue weighted by Crippen LogP contribution is -2.27. The second kappa shape index (κ2) is 14.2. The molecule has 0 unspecified atom stereocenters. The van der Waals surface area contributed by atoms with Gasteiger partial charge in [-0.15, -0.1) is 0 Å². The third-order valence-electron chi connectivity index (χ3n) is 1.86. The Hall–Kier alpha value is 0.150. The highest BCUT2D eigenvalue weighted by atomic mass is 32.1. The number of ether oxygens (including phenoxy) is 3. The molecule has 1 N–H and O–H groups in total. The molecule has 0 saturated heterocycles. The molecule has 0 atom stereocenters. The largest absolute Gasteiger partial charge is 0.378 e. The Kier molecular flexibility index (Phi) is 14.3. The third kappa shape index (κ3) is 16.1. The lowest BCUT2D eigenvalue weighted by molar-refractivity contribution is 0.0109. The Morgan fingerprint density at radius 2 is 1.29 bits per heavy atom. The van der Waals surface area contributed by atoms with Crippen molar-refractivity contribution in [3.05, 3.63) is 0 Å². The van der Waals surface area contributed by atoms with Crippen molar-refractivity contribution in [3.63, 3.8) is 0 Å². The van der Waals surface area contributed by atoms with E-state index in [1.807, 2.05) is 0 Å². The Morgan fingerprint density at radius 3 is 1.76 bits per heavy atom. The highest BCUT2D eigenvalue weighted by molar-refractivity contribution is 7.75. The van der Waals surface area contributed by atoms with Crippen LogP contribution in [0.2, 0.25) is 0 Å². The van der Waals surface area contributed by atoms with E-state index < -0.39 is 0 Å². The fourth-order valence-corrected chi connectivity index (χ4v) is 1.13. The maximum absolute atomic E-state index is 5.37. The van der Waals surface area contributed by atoms with Gasteiger partial charge in [-0.05, 0) is 12.9 Å². The topological polar surface area (TPSA) is 49.0 Å². The maximum Gasteiger partial charge on any atom is 0.0844 e. The van der Waals surface area contributed by atoms with Gasteiger partial charge in [0.05, 0.1) is 46.2 Å². The van der Waals surface area contributed by atoms with Crippen LogP contribution in [-0.4, -0.2) is 58.8 Å². The van der Waals surface area contributed by atoms with Crippen LogP contribution in [0.5, 0.6) is 0 Å². The first kappa shape index (κ1) is 17.2. The first-order chi connectivity index (χ1) is 8.27. The smallest absolute Gasteiger partial charge is 0.0844 e. The molecule has 0 aliphatic heterocycles. The summed E-state index contributed by atoms with van der Waals surface area (Å²) >= 11 is 3.60. The number of nitrogens with one attached hydrogen (secondary N) is 1. The number of thiol groups is 1. The lowest BCUT2D eigenvalue weighted by atomic mass is 10.4. The average Bonchev–Trinajstić information content (AvgIpc) is 2.30. The molecular weight excluding hydrogens is 242 g/mol. The molecule has 6 heteroatoms. The van der Waals surface area contributed by atoms with Crippen LogP contribution in [0.15, 0.2) is 0 Å². The minimum atomic E-state index is 0.495. The van der Waals surface area contributed by atoms with Crippen LogP contribution in [-0.2, 0) is 18.4 Å². The standard InChI is InChI=1S/C11H25NO4S/c1-11(2)12-3-4-13-5-6-14-7-8-15-9-10-16-17/h11-12,17H,3-10H2,1-2H3. The average molecular weight is 267 g/mol. The van der Waals surface area contributed by atoms with Crippen LogP contribution in [0.3, 0.4) is 0 Å². The Bertz CT molecular complexity index is 149. The van der Waals surface area contributed by atoms with Crippen molar-refractivity contribution in [1.29, 1.82) is 0 Å². The summed E-state index contributed by atoms with van der Waals surface area (Å²) in [7, 11) is 0. The van der Waals surface area contributed by atoms with Gasteiger partial charge in [0, 0.05) is 12.6 Å². The molecule has 0 aliphatic carbocycles. The van der Waals surface area contributed by atoms with Crippen molar-refractivity contribution in [1.82, 2.24) is 5.32 Å². The molecule has 0 fully saturated rings. The molecular formula is C11H25NO4S. The Balaban J connectivity index is 2.89. The monoisotopic (exact) mass is 267 g/mol. The highest BCUT2D eigenvalue weighted by Gasteiger charge is 1.93. The summed E-state index contributed by atoms with van der Waals surface area (Å²) in [5.74, 6) is 0. The minimum absolute atomic E-state index is 0.495. The summed E-state index contributed by atoms with van der Waals surface area (Å²) in [6.07, 6.45) is 0. The summed E-state index contributed by atoms with van der Waals surface area (Å²) in [5, 5.41) is 3.27. The van der Waals surface area contributed by atoms with E-state index in [0.717, 1.165) is 13.2 Å². The van der Waals surface area contributed by atoms with E-state index in [4.69, 9.17) is 14.2 Å². The molecule has 0 aliphatic rings. The molecule has 0 saturated carbocycles. The molecule has 0 spiro atoms. The number of hydrogen-bond acceptors (Lipinski definition) is 6. The van der Waals surface area contributed by atoms with E-state index in [-0.39, 0.29) is 0 Å². The third-order valence-corrected chi connectivity index (χ3v) is 2.04. The summed E-state index contributed by atoms with van der Waals surface area (Å²) in [6.45, 7) is 9.25. The van der Waals surface area contributed by atoms with E-state index in [1.54, 1.807) is 0 Å². The van der Waals surface area contributed by atoms with Crippen LogP contribution in [0.1, 0.15) is 13.8 Å².